The van der Waals surface area contributed by atoms with Gasteiger partial charge in [0.1, 0.15) is 11.9 Å². The van der Waals surface area contributed by atoms with E-state index in [4.69, 9.17) is 21.6 Å². The van der Waals surface area contributed by atoms with Gasteiger partial charge in [-0.25, -0.2) is 4.39 Å². The van der Waals surface area contributed by atoms with E-state index in [-0.39, 0.29) is 11.9 Å². The second kappa shape index (κ2) is 5.24. The molecule has 1 aromatic rings. The van der Waals surface area contributed by atoms with Crippen LogP contribution in [0.1, 0.15) is 12.8 Å². The predicted molar refractivity (Wildman–Crippen MR) is 63.3 cm³/mol. The van der Waals surface area contributed by atoms with Gasteiger partial charge < -0.3 is 9.64 Å². The van der Waals surface area contributed by atoms with E-state index in [0.29, 0.717) is 23.8 Å². The molecule has 0 saturated carbocycles. The molecule has 0 aromatic heterocycles. The van der Waals surface area contributed by atoms with Gasteiger partial charge in [0.2, 0.25) is 0 Å². The molecule has 5 heteroatoms. The maximum absolute atomic E-state index is 13.7. The van der Waals surface area contributed by atoms with Gasteiger partial charge in [-0.3, -0.25) is 0 Å². The van der Waals surface area contributed by atoms with Crippen LogP contribution in [0.3, 0.4) is 0 Å². The topological polar surface area (TPSA) is 36.3 Å². The van der Waals surface area contributed by atoms with E-state index in [0.717, 1.165) is 12.8 Å². The molecular formula is C12H12ClFN2O. The summed E-state index contributed by atoms with van der Waals surface area (Å²) in [6.45, 7) is 1.37. The van der Waals surface area contributed by atoms with Gasteiger partial charge in [-0.1, -0.05) is 11.6 Å². The van der Waals surface area contributed by atoms with Crippen molar-refractivity contribution in [3.63, 3.8) is 0 Å². The van der Waals surface area contributed by atoms with Gasteiger partial charge in [0.25, 0.3) is 6.26 Å². The van der Waals surface area contributed by atoms with E-state index in [9.17, 15) is 4.39 Å². The summed E-state index contributed by atoms with van der Waals surface area (Å²) >= 11 is 5.71. The summed E-state index contributed by atoms with van der Waals surface area (Å²) in [5.74, 6) is -0.308. The molecule has 0 amide bonds. The first-order valence-corrected chi connectivity index (χ1v) is 5.83. The first-order chi connectivity index (χ1) is 8.20. The highest BCUT2D eigenvalue weighted by Crippen LogP contribution is 2.26. The Morgan fingerprint density at radius 1 is 1.41 bits per heavy atom. The SMILES string of the molecule is N#COC1CCN(c2ccc(Cl)cc2F)CC1. The van der Waals surface area contributed by atoms with Crippen LogP contribution in [0.15, 0.2) is 18.2 Å². The third kappa shape index (κ3) is 2.80. The molecule has 90 valence electrons. The van der Waals surface area contributed by atoms with Gasteiger partial charge in [-0.15, -0.1) is 0 Å². The van der Waals surface area contributed by atoms with E-state index in [1.54, 1.807) is 18.4 Å². The number of ether oxygens (including phenoxy) is 1. The molecule has 0 aliphatic carbocycles. The summed E-state index contributed by atoms with van der Waals surface area (Å²) < 4.78 is 18.6. The summed E-state index contributed by atoms with van der Waals surface area (Å²) in [6, 6.07) is 4.68. The van der Waals surface area contributed by atoms with Crippen molar-refractivity contribution in [3.8, 4) is 6.26 Å². The quantitative estimate of drug-likeness (QED) is 0.762. The van der Waals surface area contributed by atoms with Crippen molar-refractivity contribution in [2.45, 2.75) is 18.9 Å². The molecule has 3 nitrogen and oxygen atoms in total. The largest absolute Gasteiger partial charge is 0.424 e. The van der Waals surface area contributed by atoms with Crippen LogP contribution in [-0.2, 0) is 4.74 Å². The summed E-state index contributed by atoms with van der Waals surface area (Å²) in [7, 11) is 0. The number of nitrogens with zero attached hydrogens (tertiary/aromatic N) is 2. The second-order valence-electron chi connectivity index (χ2n) is 3.99. The van der Waals surface area contributed by atoms with Gasteiger partial charge in [0.05, 0.1) is 5.69 Å². The lowest BCUT2D eigenvalue weighted by molar-refractivity contribution is 0.134. The number of benzene rings is 1. The zero-order valence-electron chi connectivity index (χ0n) is 9.20. The Labute approximate surface area is 104 Å². The van der Waals surface area contributed by atoms with Crippen LogP contribution in [0.25, 0.3) is 0 Å². The number of rotatable bonds is 2. The lowest BCUT2D eigenvalue weighted by atomic mass is 10.1. The van der Waals surface area contributed by atoms with Gasteiger partial charge in [0.15, 0.2) is 0 Å². The number of hydrogen-bond donors (Lipinski definition) is 0. The maximum Gasteiger partial charge on any atom is 0.286 e. The maximum atomic E-state index is 13.7. The van der Waals surface area contributed by atoms with Gasteiger partial charge >= 0.3 is 0 Å². The highest BCUT2D eigenvalue weighted by Gasteiger charge is 2.22. The third-order valence-electron chi connectivity index (χ3n) is 2.91. The van der Waals surface area contributed by atoms with Crippen LogP contribution in [0.2, 0.25) is 5.02 Å². The van der Waals surface area contributed by atoms with Crippen molar-refractivity contribution >= 4 is 17.3 Å². The molecule has 1 aromatic carbocycles. The van der Waals surface area contributed by atoms with Crippen molar-refractivity contribution in [3.05, 3.63) is 29.0 Å². The summed E-state index contributed by atoms with van der Waals surface area (Å²) in [5.41, 5.74) is 0.560. The highest BCUT2D eigenvalue weighted by atomic mass is 35.5. The lowest BCUT2D eigenvalue weighted by Gasteiger charge is -2.32. The molecule has 1 aliphatic heterocycles. The molecule has 2 rings (SSSR count). The van der Waals surface area contributed by atoms with Crippen LogP contribution in [0.5, 0.6) is 0 Å². The molecule has 0 N–H and O–H groups in total. The minimum Gasteiger partial charge on any atom is -0.424 e. The Morgan fingerprint density at radius 2 is 2.12 bits per heavy atom. The van der Waals surface area contributed by atoms with E-state index in [2.05, 4.69) is 0 Å². The van der Waals surface area contributed by atoms with Crippen molar-refractivity contribution in [1.82, 2.24) is 0 Å². The molecular weight excluding hydrogens is 243 g/mol. The summed E-state index contributed by atoms with van der Waals surface area (Å²) in [5, 5.41) is 8.81. The average Bonchev–Trinajstić information content (AvgIpc) is 2.31. The van der Waals surface area contributed by atoms with Crippen LogP contribution in [0, 0.1) is 17.3 Å². The Morgan fingerprint density at radius 3 is 2.71 bits per heavy atom. The first kappa shape index (κ1) is 12.0. The lowest BCUT2D eigenvalue weighted by Crippen LogP contribution is -2.37. The number of halogens is 2. The highest BCUT2D eigenvalue weighted by molar-refractivity contribution is 6.30. The second-order valence-corrected chi connectivity index (χ2v) is 4.43. The van der Waals surface area contributed by atoms with Crippen molar-refractivity contribution in [2.75, 3.05) is 18.0 Å². The minimum atomic E-state index is -0.308. The predicted octanol–water partition coefficient (Wildman–Crippen LogP) is 2.95. The Balaban J connectivity index is 2.03. The molecule has 0 spiro atoms. The van der Waals surface area contributed by atoms with E-state index >= 15 is 0 Å². The Bertz CT molecular complexity index is 439. The van der Waals surface area contributed by atoms with E-state index < -0.39 is 0 Å². The van der Waals surface area contributed by atoms with Gasteiger partial charge in [-0.2, -0.15) is 5.26 Å². The number of piperidine rings is 1. The molecule has 1 saturated heterocycles. The molecule has 1 fully saturated rings. The normalized spacial score (nSPS) is 16.6. The molecule has 0 unspecified atom stereocenters. The molecule has 1 aliphatic rings. The van der Waals surface area contributed by atoms with Crippen molar-refractivity contribution < 1.29 is 9.13 Å². The van der Waals surface area contributed by atoms with Gasteiger partial charge in [-0.05, 0) is 18.2 Å². The average molecular weight is 255 g/mol. The zero-order valence-corrected chi connectivity index (χ0v) is 9.95. The zero-order chi connectivity index (χ0) is 12.3. The molecule has 0 atom stereocenters. The number of anilines is 1. The third-order valence-corrected chi connectivity index (χ3v) is 3.15. The van der Waals surface area contributed by atoms with Gasteiger partial charge in [0, 0.05) is 31.0 Å². The number of nitriles is 1. The molecule has 0 radical (unpaired) electrons. The van der Waals surface area contributed by atoms with Crippen LogP contribution >= 0.6 is 11.6 Å². The van der Waals surface area contributed by atoms with Crippen LogP contribution in [-0.4, -0.2) is 19.2 Å². The van der Waals surface area contributed by atoms with E-state index in [1.165, 1.54) is 6.07 Å². The minimum absolute atomic E-state index is 0.0355. The Hall–Kier alpha value is -1.47. The first-order valence-electron chi connectivity index (χ1n) is 5.45. The summed E-state index contributed by atoms with van der Waals surface area (Å²) in [6.07, 6.45) is 3.13. The molecule has 17 heavy (non-hydrogen) atoms. The molecule has 1 heterocycles. The van der Waals surface area contributed by atoms with Crippen LogP contribution in [0.4, 0.5) is 10.1 Å². The van der Waals surface area contributed by atoms with E-state index in [1.807, 2.05) is 4.90 Å². The van der Waals surface area contributed by atoms with Crippen molar-refractivity contribution in [1.29, 1.82) is 5.26 Å². The molecule has 0 bridgehead atoms. The monoisotopic (exact) mass is 254 g/mol. The smallest absolute Gasteiger partial charge is 0.286 e. The fourth-order valence-corrected chi connectivity index (χ4v) is 2.19. The Kier molecular flexibility index (Phi) is 3.70. The summed E-state index contributed by atoms with van der Waals surface area (Å²) in [4.78, 5) is 1.95. The standard InChI is InChI=1S/C12H12ClFN2O/c13-9-1-2-12(11(14)7-9)16-5-3-10(4-6-16)17-8-15/h1-2,7,10H,3-6H2. The number of hydrogen-bond acceptors (Lipinski definition) is 3. The van der Waals surface area contributed by atoms with Crippen LogP contribution < -0.4 is 4.90 Å². The van der Waals surface area contributed by atoms with Crippen molar-refractivity contribution in [2.24, 2.45) is 0 Å². The fourth-order valence-electron chi connectivity index (χ4n) is 2.03. The fraction of sp³-hybridized carbons (Fsp3) is 0.417.